The van der Waals surface area contributed by atoms with Gasteiger partial charge in [0, 0.05) is 6.54 Å². The van der Waals surface area contributed by atoms with Gasteiger partial charge in [0.25, 0.3) is 5.91 Å². The molecular formula is C14H18BrNO4. The van der Waals surface area contributed by atoms with Crippen LogP contribution in [0.25, 0.3) is 0 Å². The maximum absolute atomic E-state index is 12.0. The highest BCUT2D eigenvalue weighted by Crippen LogP contribution is 2.38. The molecule has 0 atom stereocenters. The van der Waals surface area contributed by atoms with Gasteiger partial charge in [-0.25, -0.2) is 0 Å². The minimum Gasteiger partial charge on any atom is -0.481 e. The average molecular weight is 344 g/mol. The van der Waals surface area contributed by atoms with Crippen molar-refractivity contribution in [3.05, 3.63) is 22.6 Å². The molecule has 6 heteroatoms. The Labute approximate surface area is 125 Å². The molecule has 5 nitrogen and oxygen atoms in total. The van der Waals surface area contributed by atoms with Gasteiger partial charge >= 0.3 is 5.97 Å². The van der Waals surface area contributed by atoms with E-state index >= 15 is 0 Å². The van der Waals surface area contributed by atoms with Gasteiger partial charge in [0.2, 0.25) is 0 Å². The monoisotopic (exact) mass is 343 g/mol. The lowest BCUT2D eigenvalue weighted by atomic mass is 9.71. The molecule has 0 unspecified atom stereocenters. The van der Waals surface area contributed by atoms with Crippen LogP contribution in [0.2, 0.25) is 0 Å². The third-order valence-electron chi connectivity index (χ3n) is 4.13. The molecule has 1 amide bonds. The zero-order valence-corrected chi connectivity index (χ0v) is 12.9. The lowest BCUT2D eigenvalue weighted by Crippen LogP contribution is -2.45. The number of aliphatic carboxylic acids is 1. The minimum absolute atomic E-state index is 0.158. The Hall–Kier alpha value is -1.30. The maximum Gasteiger partial charge on any atom is 0.311 e. The van der Waals surface area contributed by atoms with Crippen LogP contribution in [0.4, 0.5) is 0 Å². The summed E-state index contributed by atoms with van der Waals surface area (Å²) < 4.78 is 5.36. The molecule has 2 rings (SSSR count). The highest BCUT2D eigenvalue weighted by molar-refractivity contribution is 9.10. The van der Waals surface area contributed by atoms with Gasteiger partial charge in [0.15, 0.2) is 4.67 Å². The molecule has 0 spiro atoms. The topological polar surface area (TPSA) is 79.5 Å². The van der Waals surface area contributed by atoms with E-state index in [1.54, 1.807) is 6.07 Å². The summed E-state index contributed by atoms with van der Waals surface area (Å²) in [6.45, 7) is 2.29. The first-order valence-corrected chi connectivity index (χ1v) is 7.48. The third-order valence-corrected chi connectivity index (χ3v) is 4.75. The number of rotatable bonds is 4. The summed E-state index contributed by atoms with van der Waals surface area (Å²) in [5, 5.41) is 12.2. The minimum atomic E-state index is -0.835. The zero-order chi connectivity index (χ0) is 14.8. The fourth-order valence-electron chi connectivity index (χ4n) is 2.58. The number of amides is 1. The second kappa shape index (κ2) is 5.99. The predicted molar refractivity (Wildman–Crippen MR) is 76.4 cm³/mol. The number of hydrogen-bond acceptors (Lipinski definition) is 3. The second-order valence-corrected chi connectivity index (χ2v) is 6.28. The van der Waals surface area contributed by atoms with Crippen molar-refractivity contribution >= 4 is 27.8 Å². The Bertz CT molecular complexity index is 503. The van der Waals surface area contributed by atoms with Crippen molar-refractivity contribution in [3.8, 4) is 0 Å². The lowest BCUT2D eigenvalue weighted by molar-refractivity contribution is -0.151. The number of carboxylic acid groups (broad SMARTS) is 1. The molecule has 0 bridgehead atoms. The van der Waals surface area contributed by atoms with Crippen molar-refractivity contribution < 1.29 is 19.1 Å². The van der Waals surface area contributed by atoms with Gasteiger partial charge in [0.1, 0.15) is 0 Å². The fraction of sp³-hybridized carbons (Fsp3) is 0.571. The van der Waals surface area contributed by atoms with E-state index in [4.69, 9.17) is 4.42 Å². The third kappa shape index (κ3) is 3.06. The molecule has 0 saturated heterocycles. The van der Waals surface area contributed by atoms with E-state index in [0.717, 1.165) is 12.8 Å². The Kier molecular flexibility index (Phi) is 4.52. The lowest BCUT2D eigenvalue weighted by Gasteiger charge is -2.35. The summed E-state index contributed by atoms with van der Waals surface area (Å²) in [7, 11) is 0. The number of carbonyl (C=O) groups is 2. The number of hydrogen-bond donors (Lipinski definition) is 2. The van der Waals surface area contributed by atoms with Crippen molar-refractivity contribution in [3.63, 3.8) is 0 Å². The number of furan rings is 1. The van der Waals surface area contributed by atoms with E-state index in [1.165, 1.54) is 6.26 Å². The predicted octanol–water partition coefficient (Wildman–Crippen LogP) is 3.05. The van der Waals surface area contributed by atoms with Crippen LogP contribution in [0.5, 0.6) is 0 Å². The molecule has 2 N–H and O–H groups in total. The van der Waals surface area contributed by atoms with Crippen molar-refractivity contribution in [1.29, 1.82) is 0 Å². The zero-order valence-electron chi connectivity index (χ0n) is 11.3. The van der Waals surface area contributed by atoms with Gasteiger partial charge < -0.3 is 14.8 Å². The van der Waals surface area contributed by atoms with E-state index < -0.39 is 11.4 Å². The SMILES string of the molecule is CC1CCC(CNC(=O)c2ccoc2Br)(C(=O)O)CC1. The molecule has 1 heterocycles. The van der Waals surface area contributed by atoms with Gasteiger partial charge in [0.05, 0.1) is 17.2 Å². The highest BCUT2D eigenvalue weighted by atomic mass is 79.9. The van der Waals surface area contributed by atoms with Crippen molar-refractivity contribution in [2.75, 3.05) is 6.54 Å². The number of carboxylic acids is 1. The summed E-state index contributed by atoms with van der Waals surface area (Å²) in [5.74, 6) is -0.581. The van der Waals surface area contributed by atoms with Gasteiger partial charge in [-0.05, 0) is 53.6 Å². The second-order valence-electron chi connectivity index (χ2n) is 5.56. The Balaban J connectivity index is 2.02. The van der Waals surface area contributed by atoms with E-state index in [-0.39, 0.29) is 12.5 Å². The standard InChI is InChI=1S/C14H18BrNO4/c1-9-2-5-14(6-3-9,13(18)19)8-16-12(17)10-4-7-20-11(10)15/h4,7,9H,2-3,5-6,8H2,1H3,(H,16,17)(H,18,19). The van der Waals surface area contributed by atoms with Crippen LogP contribution in [-0.2, 0) is 4.79 Å². The largest absolute Gasteiger partial charge is 0.481 e. The molecule has 1 fully saturated rings. The molecule has 110 valence electrons. The molecule has 1 aliphatic carbocycles. The summed E-state index contributed by atoms with van der Waals surface area (Å²) in [6.07, 6.45) is 4.40. The van der Waals surface area contributed by atoms with Crippen LogP contribution >= 0.6 is 15.9 Å². The fourth-order valence-corrected chi connectivity index (χ4v) is 3.00. The van der Waals surface area contributed by atoms with Crippen molar-refractivity contribution in [1.82, 2.24) is 5.32 Å². The number of nitrogens with one attached hydrogen (secondary N) is 1. The molecule has 0 aromatic carbocycles. The highest BCUT2D eigenvalue weighted by Gasteiger charge is 2.41. The van der Waals surface area contributed by atoms with Crippen LogP contribution in [0, 0.1) is 11.3 Å². The molecule has 1 aromatic rings. The van der Waals surface area contributed by atoms with E-state index in [1.807, 2.05) is 0 Å². The Morgan fingerprint density at radius 2 is 2.15 bits per heavy atom. The van der Waals surface area contributed by atoms with Gasteiger partial charge in [-0.1, -0.05) is 6.92 Å². The van der Waals surface area contributed by atoms with Crippen LogP contribution < -0.4 is 5.32 Å². The molecule has 1 saturated carbocycles. The first kappa shape index (κ1) is 15.1. The van der Waals surface area contributed by atoms with E-state index in [0.29, 0.717) is 29.0 Å². The van der Waals surface area contributed by atoms with E-state index in [9.17, 15) is 14.7 Å². The first-order valence-electron chi connectivity index (χ1n) is 6.69. The summed E-state index contributed by atoms with van der Waals surface area (Å²) in [5.41, 5.74) is -0.451. The smallest absolute Gasteiger partial charge is 0.311 e. The Morgan fingerprint density at radius 3 is 2.65 bits per heavy atom. The average Bonchev–Trinajstić information content (AvgIpc) is 2.84. The van der Waals surface area contributed by atoms with Crippen LogP contribution in [0.1, 0.15) is 43.0 Å². The normalized spacial score (nSPS) is 26.2. The molecule has 20 heavy (non-hydrogen) atoms. The van der Waals surface area contributed by atoms with Gasteiger partial charge in [-0.3, -0.25) is 9.59 Å². The van der Waals surface area contributed by atoms with E-state index in [2.05, 4.69) is 28.2 Å². The molecule has 1 aromatic heterocycles. The Morgan fingerprint density at radius 1 is 1.50 bits per heavy atom. The summed E-state index contributed by atoms with van der Waals surface area (Å²) in [6, 6.07) is 1.55. The van der Waals surface area contributed by atoms with Crippen molar-refractivity contribution in [2.24, 2.45) is 11.3 Å². The van der Waals surface area contributed by atoms with Gasteiger partial charge in [-0.2, -0.15) is 0 Å². The molecule has 0 aliphatic heterocycles. The number of carbonyl (C=O) groups excluding carboxylic acids is 1. The summed E-state index contributed by atoms with van der Waals surface area (Å²) >= 11 is 3.14. The molecular weight excluding hydrogens is 326 g/mol. The van der Waals surface area contributed by atoms with Crippen molar-refractivity contribution in [2.45, 2.75) is 32.6 Å². The number of halogens is 1. The van der Waals surface area contributed by atoms with Crippen LogP contribution in [-0.4, -0.2) is 23.5 Å². The summed E-state index contributed by atoms with van der Waals surface area (Å²) in [4.78, 5) is 23.6. The van der Waals surface area contributed by atoms with Crippen LogP contribution in [0.3, 0.4) is 0 Å². The molecule has 1 aliphatic rings. The maximum atomic E-state index is 12.0. The molecule has 0 radical (unpaired) electrons. The first-order chi connectivity index (χ1) is 9.44. The van der Waals surface area contributed by atoms with Gasteiger partial charge in [-0.15, -0.1) is 0 Å². The quantitative estimate of drug-likeness (QED) is 0.880. The van der Waals surface area contributed by atoms with Crippen LogP contribution in [0.15, 0.2) is 21.4 Å².